The van der Waals surface area contributed by atoms with Crippen molar-refractivity contribution in [3.05, 3.63) is 36.5 Å². The molecule has 0 atom stereocenters. The van der Waals surface area contributed by atoms with Gasteiger partial charge in [0.2, 0.25) is 0 Å². The van der Waals surface area contributed by atoms with Gasteiger partial charge in [-0.05, 0) is 32.2 Å². The monoisotopic (exact) mass is 277 g/mol. The smallest absolute Gasteiger partial charge is 0.00773 e. The Hall–Kier alpha value is -0.820. The van der Waals surface area contributed by atoms with E-state index in [1.165, 1.54) is 70.6 Å². The van der Waals surface area contributed by atoms with Crippen molar-refractivity contribution in [3.8, 4) is 0 Å². The van der Waals surface area contributed by atoms with Crippen molar-refractivity contribution >= 4 is 0 Å². The summed E-state index contributed by atoms with van der Waals surface area (Å²) in [6.07, 6.45) is 27.4. The fourth-order valence-electron chi connectivity index (χ4n) is 2.09. The lowest BCUT2D eigenvalue weighted by atomic mass is 10.1. The van der Waals surface area contributed by atoms with E-state index in [0.29, 0.717) is 0 Å². The summed E-state index contributed by atoms with van der Waals surface area (Å²) in [7, 11) is 0. The molecule has 0 unspecified atom stereocenters. The van der Waals surface area contributed by atoms with E-state index in [4.69, 9.17) is 5.73 Å². The van der Waals surface area contributed by atoms with Crippen LogP contribution in [0, 0.1) is 0 Å². The van der Waals surface area contributed by atoms with Gasteiger partial charge in [0.1, 0.15) is 0 Å². The molecule has 1 nitrogen and oxygen atoms in total. The van der Waals surface area contributed by atoms with Gasteiger partial charge in [-0.2, -0.15) is 0 Å². The third-order valence-corrected chi connectivity index (χ3v) is 3.40. The highest BCUT2D eigenvalue weighted by atomic mass is 14.5. The Balaban J connectivity index is 3.23. The van der Waals surface area contributed by atoms with Crippen LogP contribution >= 0.6 is 0 Å². The number of allylic oxidation sites excluding steroid dienone is 6. The third-order valence-electron chi connectivity index (χ3n) is 3.40. The Kier molecular flexibility index (Phi) is 17.4. The van der Waals surface area contributed by atoms with Crippen LogP contribution in [0.15, 0.2) is 36.5 Å². The number of hydrogen-bond acceptors (Lipinski definition) is 1. The maximum absolute atomic E-state index is 5.47. The highest BCUT2D eigenvalue weighted by Crippen LogP contribution is 2.08. The zero-order chi connectivity index (χ0) is 14.7. The zero-order valence-electron chi connectivity index (χ0n) is 13.5. The first-order valence-electron chi connectivity index (χ1n) is 8.60. The molecule has 0 amide bonds. The second-order valence-electron chi connectivity index (χ2n) is 5.44. The minimum absolute atomic E-state index is 0.853. The number of unbranched alkanes of at least 4 members (excludes halogenated alkanes) is 9. The van der Waals surface area contributed by atoms with Crippen LogP contribution in [0.5, 0.6) is 0 Å². The SMILES string of the molecule is CCCCC=CC=CC=CCCCCCCCCCN. The summed E-state index contributed by atoms with van der Waals surface area (Å²) in [6.45, 7) is 3.08. The van der Waals surface area contributed by atoms with E-state index >= 15 is 0 Å². The molecule has 0 aromatic heterocycles. The molecule has 0 aliphatic rings. The zero-order valence-corrected chi connectivity index (χ0v) is 13.5. The first-order chi connectivity index (χ1) is 9.91. The molecule has 0 aromatic carbocycles. The maximum Gasteiger partial charge on any atom is -0.00773 e. The normalized spacial score (nSPS) is 12.3. The molecule has 20 heavy (non-hydrogen) atoms. The first kappa shape index (κ1) is 19.2. The standard InChI is InChI=1S/C19H35N/c1-2-3-4-5-6-7-8-9-10-11-12-13-14-15-16-17-18-19-20/h5-10H,2-4,11-20H2,1H3. The van der Waals surface area contributed by atoms with E-state index in [1.807, 2.05) is 0 Å². The molecule has 0 bridgehead atoms. The van der Waals surface area contributed by atoms with Crippen LogP contribution in [-0.4, -0.2) is 6.54 Å². The molecule has 0 spiro atoms. The summed E-state index contributed by atoms with van der Waals surface area (Å²) in [5.41, 5.74) is 5.47. The minimum Gasteiger partial charge on any atom is -0.330 e. The lowest BCUT2D eigenvalue weighted by molar-refractivity contribution is 0.584. The molecule has 0 fully saturated rings. The number of nitrogens with two attached hydrogens (primary N) is 1. The van der Waals surface area contributed by atoms with E-state index in [-0.39, 0.29) is 0 Å². The van der Waals surface area contributed by atoms with Gasteiger partial charge in [0.25, 0.3) is 0 Å². The Bertz CT molecular complexity index is 250. The average molecular weight is 277 g/mol. The molecule has 116 valence electrons. The minimum atomic E-state index is 0.853. The van der Waals surface area contributed by atoms with Crippen LogP contribution < -0.4 is 5.73 Å². The molecule has 1 heteroatoms. The highest BCUT2D eigenvalue weighted by Gasteiger charge is 1.89. The Labute approximate surface area is 127 Å². The van der Waals surface area contributed by atoms with Crippen molar-refractivity contribution in [3.63, 3.8) is 0 Å². The summed E-state index contributed by atoms with van der Waals surface area (Å²) in [5, 5.41) is 0. The summed E-state index contributed by atoms with van der Waals surface area (Å²) in [4.78, 5) is 0. The van der Waals surface area contributed by atoms with E-state index < -0.39 is 0 Å². The predicted octanol–water partition coefficient (Wildman–Crippen LogP) is 5.92. The summed E-state index contributed by atoms with van der Waals surface area (Å²) in [5.74, 6) is 0. The van der Waals surface area contributed by atoms with E-state index in [0.717, 1.165) is 6.54 Å². The molecule has 0 saturated carbocycles. The van der Waals surface area contributed by atoms with Gasteiger partial charge in [-0.15, -0.1) is 0 Å². The highest BCUT2D eigenvalue weighted by molar-refractivity contribution is 5.10. The lowest BCUT2D eigenvalue weighted by Crippen LogP contribution is -1.97. The van der Waals surface area contributed by atoms with Gasteiger partial charge in [-0.3, -0.25) is 0 Å². The molecule has 0 saturated heterocycles. The number of rotatable bonds is 14. The third kappa shape index (κ3) is 17.2. The van der Waals surface area contributed by atoms with Crippen LogP contribution in [0.4, 0.5) is 0 Å². The second-order valence-corrected chi connectivity index (χ2v) is 5.44. The fourth-order valence-corrected chi connectivity index (χ4v) is 2.09. The van der Waals surface area contributed by atoms with Gasteiger partial charge in [0.05, 0.1) is 0 Å². The van der Waals surface area contributed by atoms with Crippen molar-refractivity contribution in [2.75, 3.05) is 6.54 Å². The van der Waals surface area contributed by atoms with Gasteiger partial charge in [0, 0.05) is 0 Å². The summed E-state index contributed by atoms with van der Waals surface area (Å²) < 4.78 is 0. The fraction of sp³-hybridized carbons (Fsp3) is 0.684. The van der Waals surface area contributed by atoms with Gasteiger partial charge in [-0.25, -0.2) is 0 Å². The van der Waals surface area contributed by atoms with Crippen LogP contribution in [0.2, 0.25) is 0 Å². The number of hydrogen-bond donors (Lipinski definition) is 1. The van der Waals surface area contributed by atoms with E-state index in [2.05, 4.69) is 43.4 Å². The molecule has 2 N–H and O–H groups in total. The first-order valence-corrected chi connectivity index (χ1v) is 8.60. The summed E-state index contributed by atoms with van der Waals surface area (Å²) in [6, 6.07) is 0. The van der Waals surface area contributed by atoms with Crippen LogP contribution in [0.25, 0.3) is 0 Å². The van der Waals surface area contributed by atoms with Gasteiger partial charge < -0.3 is 5.73 Å². The molecule has 0 aromatic rings. The molecule has 0 radical (unpaired) electrons. The van der Waals surface area contributed by atoms with Crippen LogP contribution in [0.3, 0.4) is 0 Å². The molecule has 0 heterocycles. The van der Waals surface area contributed by atoms with Crippen LogP contribution in [0.1, 0.15) is 77.6 Å². The largest absolute Gasteiger partial charge is 0.330 e. The van der Waals surface area contributed by atoms with Gasteiger partial charge in [0.15, 0.2) is 0 Å². The molecule has 0 aliphatic heterocycles. The maximum atomic E-state index is 5.47. The van der Waals surface area contributed by atoms with E-state index in [1.54, 1.807) is 0 Å². The van der Waals surface area contributed by atoms with Gasteiger partial charge >= 0.3 is 0 Å². The molecule has 0 rings (SSSR count). The second kappa shape index (κ2) is 18.2. The van der Waals surface area contributed by atoms with Crippen molar-refractivity contribution in [2.24, 2.45) is 5.73 Å². The van der Waals surface area contributed by atoms with Gasteiger partial charge in [-0.1, -0.05) is 88.3 Å². The quantitative estimate of drug-likeness (QED) is 0.309. The Morgan fingerprint density at radius 1 is 0.600 bits per heavy atom. The molecular weight excluding hydrogens is 242 g/mol. The predicted molar refractivity (Wildman–Crippen MR) is 92.9 cm³/mol. The molecule has 0 aliphatic carbocycles. The Morgan fingerprint density at radius 3 is 1.65 bits per heavy atom. The van der Waals surface area contributed by atoms with Crippen molar-refractivity contribution < 1.29 is 0 Å². The molecular formula is C19H35N. The Morgan fingerprint density at radius 2 is 1.10 bits per heavy atom. The van der Waals surface area contributed by atoms with Crippen molar-refractivity contribution in [1.82, 2.24) is 0 Å². The van der Waals surface area contributed by atoms with Crippen molar-refractivity contribution in [2.45, 2.75) is 77.6 Å². The van der Waals surface area contributed by atoms with E-state index in [9.17, 15) is 0 Å². The van der Waals surface area contributed by atoms with Crippen LogP contribution in [-0.2, 0) is 0 Å². The topological polar surface area (TPSA) is 26.0 Å². The summed E-state index contributed by atoms with van der Waals surface area (Å²) >= 11 is 0. The van der Waals surface area contributed by atoms with Crippen molar-refractivity contribution in [1.29, 1.82) is 0 Å². The average Bonchev–Trinajstić information content (AvgIpc) is 2.47. The lowest BCUT2D eigenvalue weighted by Gasteiger charge is -1.99.